The second-order valence-electron chi connectivity index (χ2n) is 5.23. The number of benzene rings is 1. The highest BCUT2D eigenvalue weighted by molar-refractivity contribution is 5.95. The summed E-state index contributed by atoms with van der Waals surface area (Å²) in [7, 11) is 1.31. The van der Waals surface area contributed by atoms with Gasteiger partial charge in [-0.2, -0.15) is 0 Å². The number of hydrogen-bond acceptors (Lipinski definition) is 4. The van der Waals surface area contributed by atoms with Crippen LogP contribution in [0.5, 0.6) is 0 Å². The lowest BCUT2D eigenvalue weighted by molar-refractivity contribution is -0.119. The van der Waals surface area contributed by atoms with Crippen molar-refractivity contribution in [2.75, 3.05) is 24.3 Å². The molecule has 1 aliphatic heterocycles. The van der Waals surface area contributed by atoms with Gasteiger partial charge in [0.05, 0.1) is 13.2 Å². The standard InChI is InChI=1S/C15H21N3O3/c1-10-4-3-9-16-13(10)14(19)17-11-5-7-12(8-6-11)18-15(20)21-2/h5-8,10,13,16H,3-4,9H2,1-2H3,(H,17,19)(H,18,20). The first-order valence-electron chi connectivity index (χ1n) is 7.09. The Labute approximate surface area is 124 Å². The molecule has 1 saturated heterocycles. The highest BCUT2D eigenvalue weighted by Crippen LogP contribution is 2.18. The Morgan fingerprint density at radius 2 is 1.81 bits per heavy atom. The first kappa shape index (κ1) is 15.3. The number of rotatable bonds is 3. The van der Waals surface area contributed by atoms with Crippen molar-refractivity contribution in [3.8, 4) is 0 Å². The molecule has 1 aromatic rings. The van der Waals surface area contributed by atoms with E-state index >= 15 is 0 Å². The van der Waals surface area contributed by atoms with Gasteiger partial charge in [0.1, 0.15) is 0 Å². The maximum absolute atomic E-state index is 12.2. The highest BCUT2D eigenvalue weighted by Gasteiger charge is 2.27. The maximum atomic E-state index is 12.2. The van der Waals surface area contributed by atoms with Crippen LogP contribution in [0.15, 0.2) is 24.3 Å². The van der Waals surface area contributed by atoms with Crippen LogP contribution in [0.4, 0.5) is 16.2 Å². The molecule has 0 bridgehead atoms. The van der Waals surface area contributed by atoms with E-state index in [0.717, 1.165) is 19.4 Å². The van der Waals surface area contributed by atoms with Crippen LogP contribution in [0, 0.1) is 5.92 Å². The molecule has 3 N–H and O–H groups in total. The van der Waals surface area contributed by atoms with Gasteiger partial charge in [-0.1, -0.05) is 6.92 Å². The first-order chi connectivity index (χ1) is 10.1. The van der Waals surface area contributed by atoms with Crippen molar-refractivity contribution >= 4 is 23.4 Å². The Bertz CT molecular complexity index is 501. The van der Waals surface area contributed by atoms with Gasteiger partial charge in [-0.05, 0) is 49.6 Å². The summed E-state index contributed by atoms with van der Waals surface area (Å²) >= 11 is 0. The van der Waals surface area contributed by atoms with Gasteiger partial charge in [0.25, 0.3) is 0 Å². The molecule has 1 fully saturated rings. The third-order valence-corrected chi connectivity index (χ3v) is 3.64. The van der Waals surface area contributed by atoms with E-state index in [4.69, 9.17) is 0 Å². The summed E-state index contributed by atoms with van der Waals surface area (Å²) < 4.78 is 4.51. The molecule has 0 saturated carbocycles. The zero-order valence-electron chi connectivity index (χ0n) is 12.3. The van der Waals surface area contributed by atoms with E-state index in [1.165, 1.54) is 7.11 Å². The van der Waals surface area contributed by atoms with Gasteiger partial charge < -0.3 is 15.4 Å². The fourth-order valence-electron chi connectivity index (χ4n) is 2.43. The first-order valence-corrected chi connectivity index (χ1v) is 7.09. The predicted molar refractivity (Wildman–Crippen MR) is 81.3 cm³/mol. The molecule has 1 heterocycles. The van der Waals surface area contributed by atoms with E-state index in [9.17, 15) is 9.59 Å². The number of hydrogen-bond donors (Lipinski definition) is 3. The second-order valence-corrected chi connectivity index (χ2v) is 5.23. The SMILES string of the molecule is COC(=O)Nc1ccc(NC(=O)C2NCCCC2C)cc1. The minimum absolute atomic E-state index is 0.0177. The van der Waals surface area contributed by atoms with Crippen molar-refractivity contribution in [1.29, 1.82) is 0 Å². The quantitative estimate of drug-likeness (QED) is 0.797. The van der Waals surface area contributed by atoms with Crippen LogP contribution in [0.1, 0.15) is 19.8 Å². The van der Waals surface area contributed by atoms with Crippen LogP contribution in [-0.4, -0.2) is 31.7 Å². The number of amides is 2. The van der Waals surface area contributed by atoms with Crippen LogP contribution in [0.3, 0.4) is 0 Å². The number of anilines is 2. The Morgan fingerprint density at radius 1 is 1.19 bits per heavy atom. The topological polar surface area (TPSA) is 79.5 Å². The smallest absolute Gasteiger partial charge is 0.411 e. The normalized spacial score (nSPS) is 21.4. The molecule has 1 aliphatic rings. The lowest BCUT2D eigenvalue weighted by Gasteiger charge is -2.28. The van der Waals surface area contributed by atoms with Gasteiger partial charge in [-0.3, -0.25) is 10.1 Å². The lowest BCUT2D eigenvalue weighted by atomic mass is 9.92. The molecule has 2 rings (SSSR count). The maximum Gasteiger partial charge on any atom is 0.411 e. The summed E-state index contributed by atoms with van der Waals surface area (Å²) in [6, 6.07) is 6.77. The molecule has 6 nitrogen and oxygen atoms in total. The predicted octanol–water partition coefficient (Wildman–Crippen LogP) is 2.19. The average Bonchev–Trinajstić information content (AvgIpc) is 2.49. The van der Waals surface area contributed by atoms with Crippen molar-refractivity contribution in [3.63, 3.8) is 0 Å². The summed E-state index contributed by atoms with van der Waals surface area (Å²) in [4.78, 5) is 23.3. The van der Waals surface area contributed by atoms with Gasteiger partial charge in [0.2, 0.25) is 5.91 Å². The van der Waals surface area contributed by atoms with Crippen molar-refractivity contribution < 1.29 is 14.3 Å². The van der Waals surface area contributed by atoms with Crippen LogP contribution >= 0.6 is 0 Å². The molecular formula is C15H21N3O3. The van der Waals surface area contributed by atoms with Gasteiger partial charge >= 0.3 is 6.09 Å². The Balaban J connectivity index is 1.93. The average molecular weight is 291 g/mol. The Hall–Kier alpha value is -2.08. The fraction of sp³-hybridized carbons (Fsp3) is 0.467. The summed E-state index contributed by atoms with van der Waals surface area (Å²) in [5.41, 5.74) is 1.32. The zero-order chi connectivity index (χ0) is 15.2. The van der Waals surface area contributed by atoms with E-state index in [1.807, 2.05) is 0 Å². The van der Waals surface area contributed by atoms with Gasteiger partial charge in [-0.25, -0.2) is 4.79 Å². The number of carbonyl (C=O) groups is 2. The van der Waals surface area contributed by atoms with E-state index in [1.54, 1.807) is 24.3 Å². The molecule has 1 aromatic carbocycles. The van der Waals surface area contributed by atoms with Gasteiger partial charge in [0, 0.05) is 11.4 Å². The molecule has 2 amide bonds. The molecular weight excluding hydrogens is 270 g/mol. The summed E-state index contributed by atoms with van der Waals surface area (Å²) in [6.07, 6.45) is 1.65. The molecule has 0 aromatic heterocycles. The van der Waals surface area contributed by atoms with Crippen LogP contribution in [0.2, 0.25) is 0 Å². The molecule has 0 spiro atoms. The van der Waals surface area contributed by atoms with E-state index in [2.05, 4.69) is 27.6 Å². The Morgan fingerprint density at radius 3 is 2.38 bits per heavy atom. The second kappa shape index (κ2) is 7.08. The number of carbonyl (C=O) groups excluding carboxylic acids is 2. The van der Waals surface area contributed by atoms with Crippen LogP contribution in [0.25, 0.3) is 0 Å². The molecule has 21 heavy (non-hydrogen) atoms. The van der Waals surface area contributed by atoms with E-state index < -0.39 is 6.09 Å². The van der Waals surface area contributed by atoms with Crippen LogP contribution < -0.4 is 16.0 Å². The zero-order valence-corrected chi connectivity index (χ0v) is 12.3. The lowest BCUT2D eigenvalue weighted by Crippen LogP contribution is -2.48. The third kappa shape index (κ3) is 4.19. The van der Waals surface area contributed by atoms with Gasteiger partial charge in [-0.15, -0.1) is 0 Å². The molecule has 2 unspecified atom stereocenters. The number of nitrogens with one attached hydrogen (secondary N) is 3. The van der Waals surface area contributed by atoms with E-state index in [-0.39, 0.29) is 11.9 Å². The van der Waals surface area contributed by atoms with Crippen molar-refractivity contribution in [1.82, 2.24) is 5.32 Å². The highest BCUT2D eigenvalue weighted by atomic mass is 16.5. The molecule has 114 valence electrons. The minimum Gasteiger partial charge on any atom is -0.453 e. The molecule has 0 radical (unpaired) electrons. The largest absolute Gasteiger partial charge is 0.453 e. The number of piperidine rings is 1. The number of methoxy groups -OCH3 is 1. The monoisotopic (exact) mass is 291 g/mol. The van der Waals surface area contributed by atoms with E-state index in [0.29, 0.717) is 17.3 Å². The van der Waals surface area contributed by atoms with Gasteiger partial charge in [0.15, 0.2) is 0 Å². The molecule has 0 aliphatic carbocycles. The minimum atomic E-state index is -0.521. The Kier molecular flexibility index (Phi) is 5.16. The number of ether oxygens (including phenoxy) is 1. The van der Waals surface area contributed by atoms with Crippen molar-refractivity contribution in [2.45, 2.75) is 25.8 Å². The molecule has 2 atom stereocenters. The van der Waals surface area contributed by atoms with Crippen molar-refractivity contribution in [3.05, 3.63) is 24.3 Å². The van der Waals surface area contributed by atoms with Crippen LogP contribution in [-0.2, 0) is 9.53 Å². The molecule has 6 heteroatoms. The fourth-order valence-corrected chi connectivity index (χ4v) is 2.43. The summed E-state index contributed by atoms with van der Waals surface area (Å²) in [6.45, 7) is 2.96. The summed E-state index contributed by atoms with van der Waals surface area (Å²) in [5, 5.41) is 8.70. The summed E-state index contributed by atoms with van der Waals surface area (Å²) in [5.74, 6) is 0.315. The third-order valence-electron chi connectivity index (χ3n) is 3.64. The van der Waals surface area contributed by atoms with Crippen molar-refractivity contribution in [2.24, 2.45) is 5.92 Å².